The summed E-state index contributed by atoms with van der Waals surface area (Å²) < 4.78 is 5.20. The Morgan fingerprint density at radius 1 is 1.10 bits per heavy atom. The summed E-state index contributed by atoms with van der Waals surface area (Å²) in [6.07, 6.45) is 4.09. The Morgan fingerprint density at radius 2 is 1.77 bits per heavy atom. The highest BCUT2D eigenvalue weighted by molar-refractivity contribution is 5.94. The summed E-state index contributed by atoms with van der Waals surface area (Å²) in [7, 11) is 5.42. The van der Waals surface area contributed by atoms with E-state index in [4.69, 9.17) is 4.74 Å². The maximum atomic E-state index is 13.3. The summed E-state index contributed by atoms with van der Waals surface area (Å²) in [5, 5.41) is 0. The number of piperidine rings is 1. The van der Waals surface area contributed by atoms with Gasteiger partial charge in [0.2, 0.25) is 5.91 Å². The van der Waals surface area contributed by atoms with Crippen LogP contribution in [0.5, 0.6) is 5.75 Å². The van der Waals surface area contributed by atoms with Crippen molar-refractivity contribution in [1.82, 2.24) is 14.7 Å². The summed E-state index contributed by atoms with van der Waals surface area (Å²) in [4.78, 5) is 32.5. The second-order valence-corrected chi connectivity index (χ2v) is 9.62. The largest absolute Gasteiger partial charge is 0.497 e. The maximum absolute atomic E-state index is 13.3. The molecule has 4 rings (SSSR count). The molecule has 3 fully saturated rings. The van der Waals surface area contributed by atoms with Crippen LogP contribution in [0.2, 0.25) is 0 Å². The number of rotatable bonds is 4. The van der Waals surface area contributed by atoms with Gasteiger partial charge in [-0.2, -0.15) is 0 Å². The molecule has 0 aromatic heterocycles. The summed E-state index contributed by atoms with van der Waals surface area (Å²) in [6, 6.07) is 7.37. The summed E-state index contributed by atoms with van der Waals surface area (Å²) in [5.74, 6) is 1.57. The number of likely N-dealkylation sites (tertiary alicyclic amines) is 2. The van der Waals surface area contributed by atoms with Crippen LogP contribution < -0.4 is 4.74 Å². The predicted octanol–water partition coefficient (Wildman–Crippen LogP) is 2.74. The zero-order chi connectivity index (χ0) is 21.5. The summed E-state index contributed by atoms with van der Waals surface area (Å²) in [6.45, 7) is 6.65. The molecule has 1 aromatic carbocycles. The highest BCUT2D eigenvalue weighted by Gasteiger charge is 2.64. The van der Waals surface area contributed by atoms with Gasteiger partial charge < -0.3 is 19.4 Å². The van der Waals surface area contributed by atoms with Crippen molar-refractivity contribution in [2.24, 2.45) is 16.7 Å². The maximum Gasteiger partial charge on any atom is 0.253 e. The number of carbonyl (C=O) groups is 2. The summed E-state index contributed by atoms with van der Waals surface area (Å²) in [5.41, 5.74) is 0.668. The summed E-state index contributed by atoms with van der Waals surface area (Å²) >= 11 is 0. The van der Waals surface area contributed by atoms with Crippen LogP contribution in [0.4, 0.5) is 0 Å². The number of ether oxygens (including phenoxy) is 1. The van der Waals surface area contributed by atoms with Gasteiger partial charge in [-0.3, -0.25) is 9.59 Å². The first-order chi connectivity index (χ1) is 14.3. The number of amides is 2. The highest BCUT2D eigenvalue weighted by atomic mass is 16.5. The van der Waals surface area contributed by atoms with Gasteiger partial charge in [-0.15, -0.1) is 0 Å². The van der Waals surface area contributed by atoms with Crippen LogP contribution in [-0.2, 0) is 4.79 Å². The average Bonchev–Trinajstić information content (AvgIpc) is 3.30. The first kappa shape index (κ1) is 21.2. The van der Waals surface area contributed by atoms with E-state index >= 15 is 0 Å². The minimum Gasteiger partial charge on any atom is -0.497 e. The molecule has 0 unspecified atom stereocenters. The molecule has 2 heterocycles. The molecule has 6 heteroatoms. The molecule has 0 bridgehead atoms. The fourth-order valence-electron chi connectivity index (χ4n) is 6.37. The minimum atomic E-state index is -0.234. The van der Waals surface area contributed by atoms with E-state index in [-0.39, 0.29) is 16.7 Å². The van der Waals surface area contributed by atoms with E-state index in [9.17, 15) is 9.59 Å². The highest BCUT2D eigenvalue weighted by Crippen LogP contribution is 2.62. The van der Waals surface area contributed by atoms with E-state index < -0.39 is 0 Å². The molecule has 6 nitrogen and oxygen atoms in total. The lowest BCUT2D eigenvalue weighted by Crippen LogP contribution is -2.49. The molecular formula is C24H35N3O3. The van der Waals surface area contributed by atoms with E-state index in [1.54, 1.807) is 12.0 Å². The zero-order valence-corrected chi connectivity index (χ0v) is 18.8. The zero-order valence-electron chi connectivity index (χ0n) is 18.8. The number of methoxy groups -OCH3 is 1. The van der Waals surface area contributed by atoms with Crippen LogP contribution in [-0.4, -0.2) is 80.4 Å². The van der Waals surface area contributed by atoms with E-state index in [2.05, 4.69) is 11.8 Å². The Bertz CT molecular complexity index is 798. The number of fused-ring (bicyclic) bond motifs is 2. The van der Waals surface area contributed by atoms with Crippen LogP contribution in [0.25, 0.3) is 0 Å². The van der Waals surface area contributed by atoms with Crippen LogP contribution in [0, 0.1) is 16.7 Å². The molecule has 1 aliphatic carbocycles. The van der Waals surface area contributed by atoms with E-state index in [0.29, 0.717) is 17.4 Å². The number of hydrogen-bond donors (Lipinski definition) is 0. The first-order valence-electron chi connectivity index (χ1n) is 11.2. The van der Waals surface area contributed by atoms with Crippen molar-refractivity contribution in [3.63, 3.8) is 0 Å². The second-order valence-electron chi connectivity index (χ2n) is 9.62. The molecule has 2 aliphatic heterocycles. The number of carbonyl (C=O) groups excluding carboxylic acids is 2. The predicted molar refractivity (Wildman–Crippen MR) is 117 cm³/mol. The quantitative estimate of drug-likeness (QED) is 0.762. The van der Waals surface area contributed by atoms with E-state index in [1.165, 1.54) is 0 Å². The minimum absolute atomic E-state index is 0.0998. The molecule has 1 aromatic rings. The van der Waals surface area contributed by atoms with Gasteiger partial charge in [0.1, 0.15) is 5.75 Å². The molecule has 164 valence electrons. The first-order valence-corrected chi connectivity index (χ1v) is 11.2. The molecule has 2 atom stereocenters. The third kappa shape index (κ3) is 3.29. The molecule has 1 saturated carbocycles. The van der Waals surface area contributed by atoms with Crippen molar-refractivity contribution in [1.29, 1.82) is 0 Å². The van der Waals surface area contributed by atoms with Crippen molar-refractivity contribution in [3.8, 4) is 5.75 Å². The Labute approximate surface area is 180 Å². The molecule has 0 radical (unpaired) electrons. The number of benzene rings is 1. The normalized spacial score (nSPS) is 27.9. The molecule has 0 N–H and O–H groups in total. The topological polar surface area (TPSA) is 53.1 Å². The van der Waals surface area contributed by atoms with Gasteiger partial charge in [-0.05, 0) is 67.8 Å². The van der Waals surface area contributed by atoms with E-state index in [1.807, 2.05) is 43.3 Å². The Balaban J connectivity index is 1.49. The van der Waals surface area contributed by atoms with Crippen molar-refractivity contribution >= 4 is 11.8 Å². The Hall–Kier alpha value is -2.08. The molecule has 30 heavy (non-hydrogen) atoms. The van der Waals surface area contributed by atoms with Crippen LogP contribution in [0.15, 0.2) is 24.3 Å². The average molecular weight is 414 g/mol. The van der Waals surface area contributed by atoms with E-state index in [0.717, 1.165) is 64.2 Å². The van der Waals surface area contributed by atoms with Gasteiger partial charge in [0, 0.05) is 45.8 Å². The standard InChI is InChI=1S/C24H35N3O3/c1-5-26-16-20-23(10-11-24(20,17-26)22(29)25(2)3)12-14-27(15-13-23)21(28)18-6-8-19(30-4)9-7-18/h6-9,20H,5,10-17H2,1-4H3/t20-,24+/m1/s1. The van der Waals surface area contributed by atoms with Gasteiger partial charge in [0.05, 0.1) is 12.5 Å². The van der Waals surface area contributed by atoms with Crippen LogP contribution in [0.3, 0.4) is 0 Å². The second kappa shape index (κ2) is 7.88. The third-order valence-corrected chi connectivity index (χ3v) is 8.08. The monoisotopic (exact) mass is 413 g/mol. The molecule has 2 amide bonds. The van der Waals surface area contributed by atoms with Gasteiger partial charge in [0.25, 0.3) is 5.91 Å². The van der Waals surface area contributed by atoms with Crippen LogP contribution in [0.1, 0.15) is 43.0 Å². The van der Waals surface area contributed by atoms with Crippen molar-refractivity contribution in [2.45, 2.75) is 32.6 Å². The number of hydrogen-bond acceptors (Lipinski definition) is 4. The van der Waals surface area contributed by atoms with Gasteiger partial charge in [-0.1, -0.05) is 6.92 Å². The smallest absolute Gasteiger partial charge is 0.253 e. The Kier molecular flexibility index (Phi) is 5.56. The van der Waals surface area contributed by atoms with Gasteiger partial charge >= 0.3 is 0 Å². The fraction of sp³-hybridized carbons (Fsp3) is 0.667. The molecule has 2 saturated heterocycles. The lowest BCUT2D eigenvalue weighted by Gasteiger charge is -2.44. The number of nitrogens with zero attached hydrogens (tertiary/aromatic N) is 3. The van der Waals surface area contributed by atoms with Gasteiger partial charge in [-0.25, -0.2) is 0 Å². The lowest BCUT2D eigenvalue weighted by molar-refractivity contribution is -0.141. The SMILES string of the molecule is CCN1C[C@@H]2C3(CCN(C(=O)c4ccc(OC)cc4)CC3)CC[C@]2(C(=O)N(C)C)C1. The fourth-order valence-corrected chi connectivity index (χ4v) is 6.37. The lowest BCUT2D eigenvalue weighted by atomic mass is 9.65. The van der Waals surface area contributed by atoms with Crippen molar-refractivity contribution < 1.29 is 14.3 Å². The van der Waals surface area contributed by atoms with Crippen molar-refractivity contribution in [3.05, 3.63) is 29.8 Å². The Morgan fingerprint density at radius 3 is 2.33 bits per heavy atom. The molecule has 1 spiro atoms. The molecule has 3 aliphatic rings. The third-order valence-electron chi connectivity index (χ3n) is 8.08. The molecular weight excluding hydrogens is 378 g/mol. The van der Waals surface area contributed by atoms with Gasteiger partial charge in [0.15, 0.2) is 0 Å². The van der Waals surface area contributed by atoms with Crippen molar-refractivity contribution in [2.75, 3.05) is 53.9 Å². The van der Waals surface area contributed by atoms with Crippen LogP contribution >= 0.6 is 0 Å².